The van der Waals surface area contributed by atoms with Crippen LogP contribution in [0.4, 0.5) is 0 Å². The molecule has 2 heterocycles. The molecular weight excluding hydrogens is 238 g/mol. The Bertz CT molecular complexity index is 391. The molecule has 0 spiro atoms. The molecule has 2 rings (SSSR count). The number of fused-ring (bicyclic) bond motifs is 1. The summed E-state index contributed by atoms with van der Waals surface area (Å²) in [6, 6.07) is 0.109. The summed E-state index contributed by atoms with van der Waals surface area (Å²) in [5.41, 5.74) is 0.239. The SMILES string of the molecule is CCCSC1=C(C(=O)O)N2C(=O)C(CC)C2C1. The van der Waals surface area contributed by atoms with Crippen LogP contribution in [0.1, 0.15) is 33.1 Å². The number of β-lactam (4-membered cyclic amide) rings is 1. The number of rotatable bonds is 5. The lowest BCUT2D eigenvalue weighted by Crippen LogP contribution is -2.58. The van der Waals surface area contributed by atoms with Crippen molar-refractivity contribution in [3.63, 3.8) is 0 Å². The first-order valence-corrected chi connectivity index (χ1v) is 7.02. The van der Waals surface area contributed by atoms with Gasteiger partial charge in [0.1, 0.15) is 5.70 Å². The van der Waals surface area contributed by atoms with Crippen molar-refractivity contribution in [3.05, 3.63) is 10.6 Å². The summed E-state index contributed by atoms with van der Waals surface area (Å²) in [5.74, 6) is -0.0300. The van der Waals surface area contributed by atoms with Gasteiger partial charge < -0.3 is 10.0 Å². The van der Waals surface area contributed by atoms with Gasteiger partial charge in [0, 0.05) is 11.3 Å². The molecule has 2 aliphatic heterocycles. The molecule has 1 N–H and O–H groups in total. The van der Waals surface area contributed by atoms with Gasteiger partial charge in [-0.3, -0.25) is 4.79 Å². The van der Waals surface area contributed by atoms with Crippen molar-refractivity contribution in [1.82, 2.24) is 4.90 Å². The van der Waals surface area contributed by atoms with Crippen LogP contribution in [0.2, 0.25) is 0 Å². The molecule has 5 heteroatoms. The Morgan fingerprint density at radius 2 is 2.24 bits per heavy atom. The maximum atomic E-state index is 11.8. The number of hydrogen-bond acceptors (Lipinski definition) is 3. The first-order chi connectivity index (χ1) is 8.11. The van der Waals surface area contributed by atoms with E-state index < -0.39 is 5.97 Å². The van der Waals surface area contributed by atoms with E-state index in [-0.39, 0.29) is 23.6 Å². The van der Waals surface area contributed by atoms with E-state index in [0.717, 1.165) is 29.9 Å². The molecule has 1 fully saturated rings. The second kappa shape index (κ2) is 4.72. The summed E-state index contributed by atoms with van der Waals surface area (Å²) < 4.78 is 0. The molecule has 0 aromatic carbocycles. The molecule has 1 saturated heterocycles. The Hall–Kier alpha value is -0.970. The average Bonchev–Trinajstić information content (AvgIpc) is 2.62. The predicted molar refractivity (Wildman–Crippen MR) is 66.4 cm³/mol. The smallest absolute Gasteiger partial charge is 0.353 e. The maximum absolute atomic E-state index is 11.8. The Labute approximate surface area is 105 Å². The topological polar surface area (TPSA) is 57.6 Å². The summed E-state index contributed by atoms with van der Waals surface area (Å²) >= 11 is 1.59. The number of carbonyl (C=O) groups excluding carboxylic acids is 1. The third-order valence-electron chi connectivity index (χ3n) is 3.37. The Balaban J connectivity index is 2.20. The number of aliphatic carboxylic acids is 1. The second-order valence-electron chi connectivity index (χ2n) is 4.42. The van der Waals surface area contributed by atoms with E-state index in [1.54, 1.807) is 11.8 Å². The molecular formula is C12H17NO3S. The first kappa shape index (κ1) is 12.5. The fraction of sp³-hybridized carbons (Fsp3) is 0.667. The van der Waals surface area contributed by atoms with Crippen molar-refractivity contribution >= 4 is 23.6 Å². The van der Waals surface area contributed by atoms with Crippen LogP contribution >= 0.6 is 11.8 Å². The van der Waals surface area contributed by atoms with Crippen molar-refractivity contribution in [2.24, 2.45) is 5.92 Å². The second-order valence-corrected chi connectivity index (χ2v) is 5.61. The molecule has 0 bridgehead atoms. The molecule has 2 unspecified atom stereocenters. The van der Waals surface area contributed by atoms with E-state index in [0.29, 0.717) is 0 Å². The lowest BCUT2D eigenvalue weighted by Gasteiger charge is -2.42. The Morgan fingerprint density at radius 1 is 1.53 bits per heavy atom. The summed E-state index contributed by atoms with van der Waals surface area (Å²) in [5, 5.41) is 9.22. The number of carboxylic acids is 1. The van der Waals surface area contributed by atoms with Crippen LogP contribution in [0.15, 0.2) is 10.6 Å². The number of nitrogens with zero attached hydrogens (tertiary/aromatic N) is 1. The highest BCUT2D eigenvalue weighted by Crippen LogP contribution is 2.46. The molecule has 0 radical (unpaired) electrons. The van der Waals surface area contributed by atoms with Gasteiger partial charge in [0.15, 0.2) is 0 Å². The molecule has 2 atom stereocenters. The highest BCUT2D eigenvalue weighted by Gasteiger charge is 2.54. The van der Waals surface area contributed by atoms with Gasteiger partial charge in [0.25, 0.3) is 0 Å². The predicted octanol–water partition coefficient (Wildman–Crippen LogP) is 2.07. The third kappa shape index (κ3) is 1.86. The van der Waals surface area contributed by atoms with Crippen molar-refractivity contribution < 1.29 is 14.7 Å². The van der Waals surface area contributed by atoms with E-state index in [4.69, 9.17) is 0 Å². The number of carboxylic acid groups (broad SMARTS) is 1. The maximum Gasteiger partial charge on any atom is 0.353 e. The van der Waals surface area contributed by atoms with E-state index >= 15 is 0 Å². The van der Waals surface area contributed by atoms with Gasteiger partial charge in [0.05, 0.1) is 12.0 Å². The van der Waals surface area contributed by atoms with Crippen LogP contribution in [0.25, 0.3) is 0 Å². The molecule has 0 saturated carbocycles. The standard InChI is InChI=1S/C12H17NO3S/c1-3-5-17-9-6-8-7(4-2)11(14)13(8)10(9)12(15)16/h7-8H,3-6H2,1-2H3,(H,15,16). The van der Waals surface area contributed by atoms with E-state index in [2.05, 4.69) is 6.92 Å². The van der Waals surface area contributed by atoms with Crippen LogP contribution in [0.3, 0.4) is 0 Å². The third-order valence-corrected chi connectivity index (χ3v) is 4.69. The summed E-state index contributed by atoms with van der Waals surface area (Å²) in [6.07, 6.45) is 2.55. The van der Waals surface area contributed by atoms with Crippen LogP contribution < -0.4 is 0 Å². The van der Waals surface area contributed by atoms with Gasteiger partial charge in [-0.2, -0.15) is 0 Å². The highest BCUT2D eigenvalue weighted by molar-refractivity contribution is 8.03. The van der Waals surface area contributed by atoms with Crippen LogP contribution in [-0.2, 0) is 9.59 Å². The van der Waals surface area contributed by atoms with Gasteiger partial charge in [-0.25, -0.2) is 4.79 Å². The minimum absolute atomic E-state index is 0.0120. The van der Waals surface area contributed by atoms with E-state index in [1.807, 2.05) is 6.92 Å². The van der Waals surface area contributed by atoms with Crippen molar-refractivity contribution in [3.8, 4) is 0 Å². The van der Waals surface area contributed by atoms with Crippen LogP contribution in [0.5, 0.6) is 0 Å². The number of amides is 1. The summed E-state index contributed by atoms with van der Waals surface area (Å²) in [6.45, 7) is 4.05. The zero-order valence-corrected chi connectivity index (χ0v) is 10.9. The number of carbonyl (C=O) groups is 2. The van der Waals surface area contributed by atoms with Gasteiger partial charge in [-0.15, -0.1) is 11.8 Å². The number of hydrogen-bond donors (Lipinski definition) is 1. The highest BCUT2D eigenvalue weighted by atomic mass is 32.2. The molecule has 1 amide bonds. The first-order valence-electron chi connectivity index (χ1n) is 6.04. The molecule has 4 nitrogen and oxygen atoms in total. The van der Waals surface area contributed by atoms with Crippen molar-refractivity contribution in [2.45, 2.75) is 39.2 Å². The lowest BCUT2D eigenvalue weighted by atomic mass is 9.85. The summed E-state index contributed by atoms with van der Waals surface area (Å²) in [7, 11) is 0. The van der Waals surface area contributed by atoms with E-state index in [1.165, 1.54) is 4.90 Å². The minimum Gasteiger partial charge on any atom is -0.477 e. The minimum atomic E-state index is -0.964. The van der Waals surface area contributed by atoms with Gasteiger partial charge >= 0.3 is 5.97 Å². The fourth-order valence-electron chi connectivity index (χ4n) is 2.56. The Morgan fingerprint density at radius 3 is 2.76 bits per heavy atom. The van der Waals surface area contributed by atoms with Gasteiger partial charge in [-0.1, -0.05) is 13.8 Å². The van der Waals surface area contributed by atoms with Crippen molar-refractivity contribution in [1.29, 1.82) is 0 Å². The Kier molecular flexibility index (Phi) is 3.47. The monoisotopic (exact) mass is 255 g/mol. The average molecular weight is 255 g/mol. The molecule has 0 aromatic rings. The largest absolute Gasteiger partial charge is 0.477 e. The fourth-order valence-corrected chi connectivity index (χ4v) is 3.62. The zero-order valence-electron chi connectivity index (χ0n) is 10.1. The normalized spacial score (nSPS) is 27.2. The lowest BCUT2D eigenvalue weighted by molar-refractivity contribution is -0.155. The molecule has 17 heavy (non-hydrogen) atoms. The quantitative estimate of drug-likeness (QED) is 0.764. The van der Waals surface area contributed by atoms with Crippen LogP contribution in [0, 0.1) is 5.92 Å². The van der Waals surface area contributed by atoms with Gasteiger partial charge in [-0.05, 0) is 18.6 Å². The number of thioether (sulfide) groups is 1. The van der Waals surface area contributed by atoms with E-state index in [9.17, 15) is 14.7 Å². The molecule has 0 aliphatic carbocycles. The zero-order chi connectivity index (χ0) is 12.6. The summed E-state index contributed by atoms with van der Waals surface area (Å²) in [4.78, 5) is 25.4. The van der Waals surface area contributed by atoms with Crippen molar-refractivity contribution in [2.75, 3.05) is 5.75 Å². The molecule has 94 valence electrons. The molecule has 0 aromatic heterocycles. The van der Waals surface area contributed by atoms with Crippen LogP contribution in [-0.4, -0.2) is 33.7 Å². The molecule has 2 aliphatic rings. The van der Waals surface area contributed by atoms with Gasteiger partial charge in [0.2, 0.25) is 5.91 Å².